The molecule has 0 aliphatic carbocycles. The minimum Gasteiger partial charge on any atom is -0.431 e. The summed E-state index contributed by atoms with van der Waals surface area (Å²) >= 11 is 7.15. The summed E-state index contributed by atoms with van der Waals surface area (Å²) in [6.07, 6.45) is 0. The van der Waals surface area contributed by atoms with Gasteiger partial charge in [0.25, 0.3) is 10.9 Å². The number of nitro groups is 1. The molecular formula is C19H17ClN4O4S. The number of hydrogen-bond acceptors (Lipinski definition) is 7. The molecule has 0 unspecified atom stereocenters. The summed E-state index contributed by atoms with van der Waals surface area (Å²) in [5, 5.41) is 12.1. The van der Waals surface area contributed by atoms with Crippen LogP contribution in [0.2, 0.25) is 5.02 Å². The standard InChI is InChI=1S/C19H17ClN4O4S/c20-13-5-6-15(16(11-13)24(26)27)22-7-9-23(10-8-22)18(25)12-29-19-21-14-3-1-2-4-17(14)28-19/h1-6,11H,7-10,12H2. The molecule has 1 aromatic heterocycles. The topological polar surface area (TPSA) is 92.7 Å². The van der Waals surface area contributed by atoms with Gasteiger partial charge in [-0.3, -0.25) is 14.9 Å². The van der Waals surface area contributed by atoms with Crippen molar-refractivity contribution in [2.75, 3.05) is 36.8 Å². The van der Waals surface area contributed by atoms with Crippen molar-refractivity contribution in [3.8, 4) is 0 Å². The van der Waals surface area contributed by atoms with E-state index in [1.807, 2.05) is 29.2 Å². The van der Waals surface area contributed by atoms with E-state index in [2.05, 4.69) is 4.98 Å². The van der Waals surface area contributed by atoms with Crippen LogP contribution < -0.4 is 4.90 Å². The molecule has 1 aliphatic rings. The summed E-state index contributed by atoms with van der Waals surface area (Å²) in [7, 11) is 0. The van der Waals surface area contributed by atoms with Crippen LogP contribution in [0, 0.1) is 10.1 Å². The van der Waals surface area contributed by atoms with Crippen LogP contribution >= 0.6 is 23.4 Å². The normalized spacial score (nSPS) is 14.4. The average molecular weight is 433 g/mol. The number of fused-ring (bicyclic) bond motifs is 1. The Morgan fingerprint density at radius 2 is 1.97 bits per heavy atom. The van der Waals surface area contributed by atoms with Gasteiger partial charge in [-0.15, -0.1) is 0 Å². The molecule has 2 heterocycles. The van der Waals surface area contributed by atoms with Crippen LogP contribution in [0.4, 0.5) is 11.4 Å². The van der Waals surface area contributed by atoms with E-state index in [1.54, 1.807) is 17.0 Å². The lowest BCUT2D eigenvalue weighted by atomic mass is 10.2. The zero-order chi connectivity index (χ0) is 20.4. The highest BCUT2D eigenvalue weighted by atomic mass is 35.5. The van der Waals surface area contributed by atoms with Crippen molar-refractivity contribution in [2.45, 2.75) is 5.22 Å². The SMILES string of the molecule is O=C(CSc1nc2ccccc2o1)N1CCN(c2ccc(Cl)cc2[N+](=O)[O-])CC1. The largest absolute Gasteiger partial charge is 0.431 e. The van der Waals surface area contributed by atoms with Crippen molar-refractivity contribution in [1.82, 2.24) is 9.88 Å². The van der Waals surface area contributed by atoms with Crippen molar-refractivity contribution in [3.63, 3.8) is 0 Å². The number of nitro benzene ring substituents is 1. The number of benzene rings is 2. The molecule has 0 atom stereocenters. The third-order valence-electron chi connectivity index (χ3n) is 4.70. The van der Waals surface area contributed by atoms with E-state index in [9.17, 15) is 14.9 Å². The smallest absolute Gasteiger partial charge is 0.294 e. The number of halogens is 1. The number of carbonyl (C=O) groups excluding carboxylic acids is 1. The average Bonchev–Trinajstić information content (AvgIpc) is 3.15. The van der Waals surface area contributed by atoms with Crippen molar-refractivity contribution >= 4 is 51.7 Å². The number of piperazine rings is 1. The molecule has 29 heavy (non-hydrogen) atoms. The Morgan fingerprint density at radius 1 is 1.21 bits per heavy atom. The molecule has 1 saturated heterocycles. The van der Waals surface area contributed by atoms with Crippen LogP contribution in [0.15, 0.2) is 52.1 Å². The van der Waals surface area contributed by atoms with Crippen LogP contribution in [0.5, 0.6) is 0 Å². The van der Waals surface area contributed by atoms with Crippen LogP contribution in [-0.4, -0.2) is 52.6 Å². The second kappa shape index (κ2) is 8.30. The van der Waals surface area contributed by atoms with Gasteiger partial charge in [0.2, 0.25) is 5.91 Å². The molecule has 0 saturated carbocycles. The van der Waals surface area contributed by atoms with Gasteiger partial charge >= 0.3 is 0 Å². The van der Waals surface area contributed by atoms with Gasteiger partial charge in [0.15, 0.2) is 5.58 Å². The van der Waals surface area contributed by atoms with Crippen molar-refractivity contribution < 1.29 is 14.1 Å². The Hall–Kier alpha value is -2.78. The summed E-state index contributed by atoms with van der Waals surface area (Å²) in [6.45, 7) is 2.02. The maximum atomic E-state index is 12.5. The number of thioether (sulfide) groups is 1. The summed E-state index contributed by atoms with van der Waals surface area (Å²) in [5.41, 5.74) is 1.96. The molecule has 8 nitrogen and oxygen atoms in total. The molecular weight excluding hydrogens is 416 g/mol. The third-order valence-corrected chi connectivity index (χ3v) is 5.75. The first-order chi connectivity index (χ1) is 14.0. The number of oxazole rings is 1. The monoisotopic (exact) mass is 432 g/mol. The van der Waals surface area contributed by atoms with Crippen LogP contribution in [0.3, 0.4) is 0 Å². The molecule has 10 heteroatoms. The fourth-order valence-electron chi connectivity index (χ4n) is 3.23. The minimum atomic E-state index is -0.435. The number of hydrogen-bond donors (Lipinski definition) is 0. The number of aromatic nitrogens is 1. The molecule has 0 spiro atoms. The van der Waals surface area contributed by atoms with Crippen LogP contribution in [0.1, 0.15) is 0 Å². The lowest BCUT2D eigenvalue weighted by Gasteiger charge is -2.35. The van der Waals surface area contributed by atoms with Gasteiger partial charge < -0.3 is 14.2 Å². The first-order valence-corrected chi connectivity index (χ1v) is 10.3. The van der Waals surface area contributed by atoms with Gasteiger partial charge in [-0.25, -0.2) is 4.98 Å². The van der Waals surface area contributed by atoms with E-state index < -0.39 is 4.92 Å². The van der Waals surface area contributed by atoms with Gasteiger partial charge in [0.05, 0.1) is 10.7 Å². The van der Waals surface area contributed by atoms with Gasteiger partial charge in [0.1, 0.15) is 11.2 Å². The fraction of sp³-hybridized carbons (Fsp3) is 0.263. The van der Waals surface area contributed by atoms with Gasteiger partial charge in [-0.05, 0) is 24.3 Å². The van der Waals surface area contributed by atoms with Crippen LogP contribution in [-0.2, 0) is 4.79 Å². The molecule has 1 aliphatic heterocycles. The molecule has 0 radical (unpaired) electrons. The van der Waals surface area contributed by atoms with E-state index in [0.29, 0.717) is 47.7 Å². The Balaban J connectivity index is 1.34. The van der Waals surface area contributed by atoms with Crippen molar-refractivity contribution in [1.29, 1.82) is 0 Å². The third kappa shape index (κ3) is 4.30. The van der Waals surface area contributed by atoms with Gasteiger partial charge in [0, 0.05) is 37.3 Å². The van der Waals surface area contributed by atoms with E-state index in [0.717, 1.165) is 5.52 Å². The molecule has 2 aromatic carbocycles. The Labute approximate surface area is 175 Å². The zero-order valence-corrected chi connectivity index (χ0v) is 16.9. The molecule has 1 amide bonds. The molecule has 4 rings (SSSR count). The molecule has 150 valence electrons. The lowest BCUT2D eigenvalue weighted by Crippen LogP contribution is -2.49. The number of rotatable bonds is 5. The van der Waals surface area contributed by atoms with Crippen molar-refractivity contribution in [3.05, 3.63) is 57.6 Å². The Kier molecular flexibility index (Phi) is 5.59. The van der Waals surface area contributed by atoms with Gasteiger partial charge in [-0.1, -0.05) is 35.5 Å². The number of amides is 1. The second-order valence-electron chi connectivity index (χ2n) is 6.49. The maximum absolute atomic E-state index is 12.5. The maximum Gasteiger partial charge on any atom is 0.294 e. The summed E-state index contributed by atoms with van der Waals surface area (Å²) < 4.78 is 5.62. The van der Waals surface area contributed by atoms with Gasteiger partial charge in [-0.2, -0.15) is 0 Å². The fourth-order valence-corrected chi connectivity index (χ4v) is 4.14. The number of nitrogens with zero attached hydrogens (tertiary/aromatic N) is 4. The van der Waals surface area contributed by atoms with E-state index in [1.165, 1.54) is 17.8 Å². The predicted octanol–water partition coefficient (Wildman–Crippen LogP) is 3.83. The lowest BCUT2D eigenvalue weighted by molar-refractivity contribution is -0.384. The predicted molar refractivity (Wildman–Crippen MR) is 112 cm³/mol. The highest BCUT2D eigenvalue weighted by molar-refractivity contribution is 7.99. The van der Waals surface area contributed by atoms with E-state index in [4.69, 9.17) is 16.0 Å². The minimum absolute atomic E-state index is 0.0116. The molecule has 1 fully saturated rings. The van der Waals surface area contributed by atoms with Crippen LogP contribution in [0.25, 0.3) is 11.1 Å². The summed E-state index contributed by atoms with van der Waals surface area (Å²) in [5.74, 6) is 0.219. The second-order valence-corrected chi connectivity index (χ2v) is 7.86. The summed E-state index contributed by atoms with van der Waals surface area (Å²) in [4.78, 5) is 31.4. The highest BCUT2D eigenvalue weighted by Gasteiger charge is 2.26. The molecule has 0 bridgehead atoms. The molecule has 0 N–H and O–H groups in total. The first kappa shape index (κ1) is 19.5. The molecule has 3 aromatic rings. The first-order valence-electron chi connectivity index (χ1n) is 8.96. The van der Waals surface area contributed by atoms with E-state index in [-0.39, 0.29) is 17.3 Å². The number of para-hydroxylation sites is 2. The zero-order valence-electron chi connectivity index (χ0n) is 15.3. The Morgan fingerprint density at radius 3 is 2.69 bits per heavy atom. The number of anilines is 1. The quantitative estimate of drug-likeness (QED) is 0.343. The summed E-state index contributed by atoms with van der Waals surface area (Å²) in [6, 6.07) is 12.1. The number of carbonyl (C=O) groups is 1. The Bertz CT molecular complexity index is 1030. The highest BCUT2D eigenvalue weighted by Crippen LogP contribution is 2.32. The van der Waals surface area contributed by atoms with E-state index >= 15 is 0 Å². The van der Waals surface area contributed by atoms with Crippen molar-refractivity contribution in [2.24, 2.45) is 0 Å².